The number of nitrogens with zero attached hydrogens (tertiary/aromatic N) is 1. The molecule has 0 saturated carbocycles. The molecule has 0 aromatic carbocycles. The third kappa shape index (κ3) is 2.00. The zero-order chi connectivity index (χ0) is 9.10. The average molecular weight is 184 g/mol. The molecule has 0 spiro atoms. The average Bonchev–Trinajstić information content (AvgIpc) is 2.61. The predicted molar refractivity (Wildman–Crippen MR) is 48.4 cm³/mol. The minimum absolute atomic E-state index is 0.194. The van der Waals surface area contributed by atoms with Crippen LogP contribution in [-0.2, 0) is 9.53 Å². The van der Waals surface area contributed by atoms with Crippen LogP contribution in [0.4, 0.5) is 0 Å². The van der Waals surface area contributed by atoms with E-state index >= 15 is 0 Å². The van der Waals surface area contributed by atoms with Gasteiger partial charge in [-0.15, -0.1) is 0 Å². The Morgan fingerprint density at radius 2 is 2.54 bits per heavy atom. The van der Waals surface area contributed by atoms with Crippen molar-refractivity contribution in [3.63, 3.8) is 0 Å². The van der Waals surface area contributed by atoms with Gasteiger partial charge in [-0.1, -0.05) is 0 Å². The summed E-state index contributed by atoms with van der Waals surface area (Å²) in [5, 5.41) is 2.67. The third-order valence-corrected chi connectivity index (χ3v) is 2.89. The highest BCUT2D eigenvalue weighted by Gasteiger charge is 2.31. The molecule has 2 rings (SSSR count). The number of hydrogen-bond acceptors (Lipinski definition) is 3. The fourth-order valence-corrected chi connectivity index (χ4v) is 2.19. The van der Waals surface area contributed by atoms with Crippen LogP contribution in [0.2, 0.25) is 0 Å². The second-order valence-corrected chi connectivity index (χ2v) is 3.77. The molecule has 0 aromatic heterocycles. The lowest BCUT2D eigenvalue weighted by molar-refractivity contribution is -0.111. The molecule has 4 heteroatoms. The highest BCUT2D eigenvalue weighted by Crippen LogP contribution is 2.22. The van der Waals surface area contributed by atoms with Gasteiger partial charge >= 0.3 is 0 Å². The number of rotatable bonds is 3. The van der Waals surface area contributed by atoms with E-state index in [0.717, 1.165) is 19.6 Å². The van der Waals surface area contributed by atoms with Gasteiger partial charge < -0.3 is 10.1 Å². The van der Waals surface area contributed by atoms with E-state index in [1.807, 2.05) is 0 Å². The standard InChI is InChI=1S/C9H16N2O2/c12-7-10-4-9-5-11-3-1-2-8(11)6-13-9/h7-9H,1-6H2,(H,10,12). The van der Waals surface area contributed by atoms with Crippen LogP contribution in [0.25, 0.3) is 0 Å². The molecular formula is C9H16N2O2. The topological polar surface area (TPSA) is 41.6 Å². The van der Waals surface area contributed by atoms with Crippen molar-refractivity contribution in [2.75, 3.05) is 26.2 Å². The summed E-state index contributed by atoms with van der Waals surface area (Å²) >= 11 is 0. The summed E-state index contributed by atoms with van der Waals surface area (Å²) in [4.78, 5) is 12.6. The van der Waals surface area contributed by atoms with E-state index in [4.69, 9.17) is 4.74 Å². The van der Waals surface area contributed by atoms with Gasteiger partial charge in [0, 0.05) is 19.1 Å². The lowest BCUT2D eigenvalue weighted by atomic mass is 10.2. The third-order valence-electron chi connectivity index (χ3n) is 2.89. The van der Waals surface area contributed by atoms with Gasteiger partial charge in [-0.05, 0) is 19.4 Å². The van der Waals surface area contributed by atoms with E-state index in [0.29, 0.717) is 12.6 Å². The monoisotopic (exact) mass is 184 g/mol. The van der Waals surface area contributed by atoms with Crippen molar-refractivity contribution in [1.82, 2.24) is 10.2 Å². The number of carbonyl (C=O) groups is 1. The molecule has 2 unspecified atom stereocenters. The van der Waals surface area contributed by atoms with Crippen LogP contribution in [-0.4, -0.2) is 49.7 Å². The summed E-state index contributed by atoms with van der Waals surface area (Å²) in [5.74, 6) is 0. The molecular weight excluding hydrogens is 168 g/mol. The largest absolute Gasteiger partial charge is 0.373 e. The summed E-state index contributed by atoms with van der Waals surface area (Å²) in [6, 6.07) is 0.646. The minimum Gasteiger partial charge on any atom is -0.373 e. The van der Waals surface area contributed by atoms with Crippen molar-refractivity contribution in [2.24, 2.45) is 0 Å². The van der Waals surface area contributed by atoms with E-state index < -0.39 is 0 Å². The first-order valence-corrected chi connectivity index (χ1v) is 4.93. The summed E-state index contributed by atoms with van der Waals surface area (Å²) in [6.45, 7) is 3.66. The van der Waals surface area contributed by atoms with Gasteiger partial charge in [-0.25, -0.2) is 0 Å². The maximum absolute atomic E-state index is 10.1. The van der Waals surface area contributed by atoms with Crippen LogP contribution in [0, 0.1) is 0 Å². The molecule has 2 heterocycles. The molecule has 13 heavy (non-hydrogen) atoms. The van der Waals surface area contributed by atoms with Crippen molar-refractivity contribution in [3.8, 4) is 0 Å². The zero-order valence-electron chi connectivity index (χ0n) is 7.74. The van der Waals surface area contributed by atoms with Crippen LogP contribution in [0.3, 0.4) is 0 Å². The van der Waals surface area contributed by atoms with Crippen molar-refractivity contribution < 1.29 is 9.53 Å². The van der Waals surface area contributed by atoms with Gasteiger partial charge in [0.25, 0.3) is 0 Å². The molecule has 74 valence electrons. The Hall–Kier alpha value is -0.610. The fraction of sp³-hybridized carbons (Fsp3) is 0.889. The Morgan fingerprint density at radius 3 is 3.38 bits per heavy atom. The lowest BCUT2D eigenvalue weighted by Crippen LogP contribution is -2.49. The molecule has 0 radical (unpaired) electrons. The Kier molecular flexibility index (Phi) is 2.80. The molecule has 1 N–H and O–H groups in total. The summed E-state index contributed by atoms with van der Waals surface area (Å²) in [6.07, 6.45) is 3.49. The number of carbonyl (C=O) groups excluding carboxylic acids is 1. The molecule has 2 aliphatic heterocycles. The van der Waals surface area contributed by atoms with Gasteiger partial charge in [-0.3, -0.25) is 9.69 Å². The molecule has 4 nitrogen and oxygen atoms in total. The van der Waals surface area contributed by atoms with Crippen LogP contribution >= 0.6 is 0 Å². The molecule has 2 fully saturated rings. The maximum atomic E-state index is 10.1. The van der Waals surface area contributed by atoms with Crippen LogP contribution in [0.5, 0.6) is 0 Å². The first-order chi connectivity index (χ1) is 6.40. The van der Waals surface area contributed by atoms with Crippen molar-refractivity contribution in [3.05, 3.63) is 0 Å². The minimum atomic E-state index is 0.194. The van der Waals surface area contributed by atoms with E-state index in [9.17, 15) is 4.79 Å². The number of amides is 1. The Bertz CT molecular complexity index is 186. The Morgan fingerprint density at radius 1 is 1.62 bits per heavy atom. The molecule has 0 bridgehead atoms. The number of ether oxygens (including phenoxy) is 1. The SMILES string of the molecule is O=CNCC1CN2CCCC2CO1. The maximum Gasteiger partial charge on any atom is 0.207 e. The summed E-state index contributed by atoms with van der Waals surface area (Å²) in [5.41, 5.74) is 0. The number of hydrogen-bond donors (Lipinski definition) is 1. The van der Waals surface area contributed by atoms with Crippen LogP contribution in [0.1, 0.15) is 12.8 Å². The fourth-order valence-electron chi connectivity index (χ4n) is 2.19. The normalized spacial score (nSPS) is 34.2. The van der Waals surface area contributed by atoms with Gasteiger partial charge in [-0.2, -0.15) is 0 Å². The van der Waals surface area contributed by atoms with Crippen molar-refractivity contribution >= 4 is 6.41 Å². The smallest absolute Gasteiger partial charge is 0.207 e. The van der Waals surface area contributed by atoms with E-state index in [1.165, 1.54) is 19.4 Å². The highest BCUT2D eigenvalue weighted by molar-refractivity contribution is 5.45. The lowest BCUT2D eigenvalue weighted by Gasteiger charge is -2.34. The van der Waals surface area contributed by atoms with Crippen molar-refractivity contribution in [1.29, 1.82) is 0 Å². The summed E-state index contributed by atoms with van der Waals surface area (Å²) in [7, 11) is 0. The van der Waals surface area contributed by atoms with Gasteiger partial charge in [0.05, 0.1) is 12.7 Å². The first kappa shape index (κ1) is 8.97. The van der Waals surface area contributed by atoms with E-state index in [1.54, 1.807) is 0 Å². The second kappa shape index (κ2) is 4.07. The molecule has 2 aliphatic rings. The molecule has 2 saturated heterocycles. The van der Waals surface area contributed by atoms with Crippen molar-refractivity contribution in [2.45, 2.75) is 25.0 Å². The van der Waals surface area contributed by atoms with Crippen LogP contribution < -0.4 is 5.32 Å². The number of fused-ring (bicyclic) bond motifs is 1. The van der Waals surface area contributed by atoms with Gasteiger partial charge in [0.1, 0.15) is 0 Å². The van der Waals surface area contributed by atoms with E-state index in [2.05, 4.69) is 10.2 Å². The number of morpholine rings is 1. The molecule has 1 amide bonds. The van der Waals surface area contributed by atoms with Crippen LogP contribution in [0.15, 0.2) is 0 Å². The quantitative estimate of drug-likeness (QED) is 0.607. The number of nitrogens with one attached hydrogen (secondary N) is 1. The second-order valence-electron chi connectivity index (χ2n) is 3.77. The van der Waals surface area contributed by atoms with E-state index in [-0.39, 0.29) is 6.10 Å². The predicted octanol–water partition coefficient (Wildman–Crippen LogP) is -0.404. The van der Waals surface area contributed by atoms with Gasteiger partial charge in [0.2, 0.25) is 6.41 Å². The Balaban J connectivity index is 1.79. The van der Waals surface area contributed by atoms with Gasteiger partial charge in [0.15, 0.2) is 0 Å². The molecule has 2 atom stereocenters. The molecule has 0 aromatic rings. The molecule has 0 aliphatic carbocycles. The first-order valence-electron chi connectivity index (χ1n) is 4.93. The summed E-state index contributed by atoms with van der Waals surface area (Å²) < 4.78 is 5.63. The highest BCUT2D eigenvalue weighted by atomic mass is 16.5. The Labute approximate surface area is 78.2 Å². The zero-order valence-corrected chi connectivity index (χ0v) is 7.74.